The number of hydrogen-bond donors (Lipinski definition) is 1. The van der Waals surface area contributed by atoms with E-state index in [9.17, 15) is 0 Å². The monoisotopic (exact) mass is 277 g/mol. The Morgan fingerprint density at radius 1 is 1.20 bits per heavy atom. The lowest BCUT2D eigenvalue weighted by molar-refractivity contribution is 0.0519. The molecule has 1 atom stereocenters. The first-order chi connectivity index (χ1) is 9.68. The molecule has 3 heteroatoms. The van der Waals surface area contributed by atoms with Crippen LogP contribution in [0.25, 0.3) is 0 Å². The molecule has 0 aliphatic heterocycles. The van der Waals surface area contributed by atoms with Gasteiger partial charge in [-0.2, -0.15) is 0 Å². The van der Waals surface area contributed by atoms with Crippen molar-refractivity contribution in [2.75, 3.05) is 20.1 Å². The molecule has 0 spiro atoms. The zero-order chi connectivity index (χ0) is 15.0. The molecule has 0 aliphatic rings. The molecule has 1 aromatic heterocycles. The lowest BCUT2D eigenvalue weighted by atomic mass is 9.79. The fourth-order valence-electron chi connectivity index (χ4n) is 3.58. The number of nitrogens with zero attached hydrogens (tertiary/aromatic N) is 2. The van der Waals surface area contributed by atoms with Gasteiger partial charge < -0.3 is 5.32 Å². The van der Waals surface area contributed by atoms with E-state index in [1.807, 2.05) is 18.5 Å². The second-order valence-electron chi connectivity index (χ2n) is 5.39. The first kappa shape index (κ1) is 17.1. The summed E-state index contributed by atoms with van der Waals surface area (Å²) in [6.07, 6.45) is 7.19. The van der Waals surface area contributed by atoms with Crippen LogP contribution in [-0.2, 0) is 6.42 Å². The smallest absolute Gasteiger partial charge is 0.0360 e. The van der Waals surface area contributed by atoms with Crippen molar-refractivity contribution in [2.24, 2.45) is 0 Å². The van der Waals surface area contributed by atoms with Crippen LogP contribution >= 0.6 is 0 Å². The molecule has 0 saturated carbocycles. The highest BCUT2D eigenvalue weighted by Crippen LogP contribution is 2.29. The van der Waals surface area contributed by atoms with E-state index in [1.165, 1.54) is 5.56 Å². The SMILES string of the molecule is CCN(CC)C(CC)(CC)C(Cc1cccnc1)NC. The number of nitrogens with one attached hydrogen (secondary N) is 1. The van der Waals surface area contributed by atoms with Crippen LogP contribution in [0, 0.1) is 0 Å². The number of hydrogen-bond acceptors (Lipinski definition) is 3. The van der Waals surface area contributed by atoms with Crippen molar-refractivity contribution in [2.45, 2.75) is 58.5 Å². The maximum atomic E-state index is 4.25. The second kappa shape index (κ2) is 8.38. The van der Waals surface area contributed by atoms with E-state index in [-0.39, 0.29) is 5.54 Å². The third-order valence-electron chi connectivity index (χ3n) is 4.78. The minimum absolute atomic E-state index is 0.216. The average Bonchev–Trinajstić information content (AvgIpc) is 2.51. The Morgan fingerprint density at radius 2 is 1.85 bits per heavy atom. The fourth-order valence-corrected chi connectivity index (χ4v) is 3.58. The van der Waals surface area contributed by atoms with Gasteiger partial charge in [-0.3, -0.25) is 9.88 Å². The van der Waals surface area contributed by atoms with Crippen LogP contribution < -0.4 is 5.32 Å². The van der Waals surface area contributed by atoms with Gasteiger partial charge in [-0.1, -0.05) is 33.8 Å². The molecule has 0 radical (unpaired) electrons. The van der Waals surface area contributed by atoms with Gasteiger partial charge in [0.1, 0.15) is 0 Å². The Labute approximate surface area is 124 Å². The molecule has 0 fully saturated rings. The molecule has 0 saturated heterocycles. The van der Waals surface area contributed by atoms with Crippen molar-refractivity contribution < 1.29 is 0 Å². The zero-order valence-electron chi connectivity index (χ0n) is 13.8. The molecule has 3 nitrogen and oxygen atoms in total. The lowest BCUT2D eigenvalue weighted by Gasteiger charge is -2.48. The van der Waals surface area contributed by atoms with Gasteiger partial charge in [-0.15, -0.1) is 0 Å². The summed E-state index contributed by atoms with van der Waals surface area (Å²) in [6, 6.07) is 4.65. The number of rotatable bonds is 9. The molecule has 0 aromatic carbocycles. The minimum Gasteiger partial charge on any atom is -0.315 e. The van der Waals surface area contributed by atoms with Gasteiger partial charge in [0.25, 0.3) is 0 Å². The van der Waals surface area contributed by atoms with E-state index in [4.69, 9.17) is 0 Å². The molecule has 1 heterocycles. The van der Waals surface area contributed by atoms with Gasteiger partial charge in [0.2, 0.25) is 0 Å². The van der Waals surface area contributed by atoms with Gasteiger partial charge in [-0.05, 0) is 51.0 Å². The Morgan fingerprint density at radius 3 is 2.25 bits per heavy atom. The van der Waals surface area contributed by atoms with E-state index in [0.29, 0.717) is 6.04 Å². The topological polar surface area (TPSA) is 28.2 Å². The number of likely N-dealkylation sites (N-methyl/N-ethyl adjacent to an activating group) is 2. The standard InChI is InChI=1S/C17H31N3/c1-6-17(7-2,20(8-3)9-4)16(18-5)13-15-11-10-12-19-14-15/h10-12,14,16,18H,6-9,13H2,1-5H3. The Kier molecular flexibility index (Phi) is 7.17. The van der Waals surface area contributed by atoms with Gasteiger partial charge in [-0.25, -0.2) is 0 Å². The Hall–Kier alpha value is -0.930. The molecule has 1 unspecified atom stereocenters. The second-order valence-corrected chi connectivity index (χ2v) is 5.39. The summed E-state index contributed by atoms with van der Waals surface area (Å²) >= 11 is 0. The molecule has 1 rings (SSSR count). The highest BCUT2D eigenvalue weighted by Gasteiger charge is 2.38. The van der Waals surface area contributed by atoms with Crippen LogP contribution in [0.4, 0.5) is 0 Å². The molecule has 114 valence electrons. The van der Waals surface area contributed by atoms with Crippen LogP contribution in [-0.4, -0.2) is 41.6 Å². The predicted octanol–water partition coefficient (Wildman–Crippen LogP) is 3.11. The van der Waals surface area contributed by atoms with Crippen molar-refractivity contribution in [1.29, 1.82) is 0 Å². The highest BCUT2D eigenvalue weighted by molar-refractivity contribution is 5.13. The normalized spacial score (nSPS) is 13.7. The van der Waals surface area contributed by atoms with Crippen molar-refractivity contribution in [3.8, 4) is 0 Å². The van der Waals surface area contributed by atoms with Crippen LogP contribution in [0.5, 0.6) is 0 Å². The summed E-state index contributed by atoms with van der Waals surface area (Å²) in [4.78, 5) is 6.87. The van der Waals surface area contributed by atoms with E-state index in [1.54, 1.807) is 0 Å². The summed E-state index contributed by atoms with van der Waals surface area (Å²) in [5.41, 5.74) is 1.53. The average molecular weight is 277 g/mol. The van der Waals surface area contributed by atoms with Crippen LogP contribution in [0.2, 0.25) is 0 Å². The minimum atomic E-state index is 0.216. The molecule has 1 N–H and O–H groups in total. The van der Waals surface area contributed by atoms with E-state index >= 15 is 0 Å². The lowest BCUT2D eigenvalue weighted by Crippen LogP contribution is -2.61. The van der Waals surface area contributed by atoms with Gasteiger partial charge in [0.15, 0.2) is 0 Å². The summed E-state index contributed by atoms with van der Waals surface area (Å²) in [5, 5.41) is 3.57. The van der Waals surface area contributed by atoms with Crippen LogP contribution in [0.3, 0.4) is 0 Å². The Balaban J connectivity index is 3.02. The van der Waals surface area contributed by atoms with Gasteiger partial charge >= 0.3 is 0 Å². The molecule has 0 bridgehead atoms. The summed E-state index contributed by atoms with van der Waals surface area (Å²) in [6.45, 7) is 11.4. The third kappa shape index (κ3) is 3.58. The molecular weight excluding hydrogens is 246 g/mol. The zero-order valence-corrected chi connectivity index (χ0v) is 13.8. The van der Waals surface area contributed by atoms with E-state index < -0.39 is 0 Å². The molecular formula is C17H31N3. The summed E-state index contributed by atoms with van der Waals surface area (Å²) < 4.78 is 0. The van der Waals surface area contributed by atoms with Gasteiger partial charge in [0.05, 0.1) is 0 Å². The van der Waals surface area contributed by atoms with Crippen molar-refractivity contribution in [1.82, 2.24) is 15.2 Å². The molecule has 0 amide bonds. The van der Waals surface area contributed by atoms with E-state index in [2.05, 4.69) is 56.0 Å². The van der Waals surface area contributed by atoms with Crippen LogP contribution in [0.15, 0.2) is 24.5 Å². The summed E-state index contributed by atoms with van der Waals surface area (Å²) in [7, 11) is 2.09. The maximum Gasteiger partial charge on any atom is 0.0360 e. The fraction of sp³-hybridized carbons (Fsp3) is 0.706. The number of pyridine rings is 1. The Bertz CT molecular complexity index is 356. The highest BCUT2D eigenvalue weighted by atomic mass is 15.2. The largest absolute Gasteiger partial charge is 0.315 e. The predicted molar refractivity (Wildman–Crippen MR) is 87.0 cm³/mol. The van der Waals surface area contributed by atoms with Crippen molar-refractivity contribution >= 4 is 0 Å². The van der Waals surface area contributed by atoms with Crippen LogP contribution in [0.1, 0.15) is 46.1 Å². The van der Waals surface area contributed by atoms with Gasteiger partial charge in [0, 0.05) is 24.0 Å². The third-order valence-corrected chi connectivity index (χ3v) is 4.78. The van der Waals surface area contributed by atoms with E-state index in [0.717, 1.165) is 32.4 Å². The maximum absolute atomic E-state index is 4.25. The molecule has 1 aromatic rings. The first-order valence-corrected chi connectivity index (χ1v) is 7.99. The van der Waals surface area contributed by atoms with Crippen molar-refractivity contribution in [3.05, 3.63) is 30.1 Å². The summed E-state index contributed by atoms with van der Waals surface area (Å²) in [5.74, 6) is 0. The quantitative estimate of drug-likeness (QED) is 0.752. The first-order valence-electron chi connectivity index (χ1n) is 7.99. The molecule has 20 heavy (non-hydrogen) atoms. The molecule has 0 aliphatic carbocycles. The number of aromatic nitrogens is 1. The van der Waals surface area contributed by atoms with Crippen molar-refractivity contribution in [3.63, 3.8) is 0 Å².